The van der Waals surface area contributed by atoms with Crippen molar-refractivity contribution in [1.82, 2.24) is 5.32 Å². The summed E-state index contributed by atoms with van der Waals surface area (Å²) < 4.78 is 0. The first-order valence-corrected chi connectivity index (χ1v) is 7.56. The lowest BCUT2D eigenvalue weighted by atomic mass is 10.0. The minimum absolute atomic E-state index is 0.329. The number of rotatable bonds is 7. The summed E-state index contributed by atoms with van der Waals surface area (Å²) in [6.07, 6.45) is 2.64. The van der Waals surface area contributed by atoms with Gasteiger partial charge < -0.3 is 10.4 Å². The van der Waals surface area contributed by atoms with Crippen LogP contribution in [0.3, 0.4) is 0 Å². The number of hydrogen-bond donors (Lipinski definition) is 2. The first-order valence-electron chi connectivity index (χ1n) is 7.56. The predicted molar refractivity (Wildman–Crippen MR) is 81.2 cm³/mol. The molecular formula is C17H23NO3. The maximum Gasteiger partial charge on any atom is 0.319 e. The van der Waals surface area contributed by atoms with Gasteiger partial charge in [-0.2, -0.15) is 0 Å². The summed E-state index contributed by atoms with van der Waals surface area (Å²) in [5.41, 5.74) is 1.44. The Balaban J connectivity index is 1.72. The van der Waals surface area contributed by atoms with Gasteiger partial charge in [-0.05, 0) is 42.7 Å². The lowest BCUT2D eigenvalue weighted by Crippen LogP contribution is -2.37. The average Bonchev–Trinajstić information content (AvgIpc) is 3.25. The molecule has 0 bridgehead atoms. The Kier molecular flexibility index (Phi) is 4.66. The Morgan fingerprint density at radius 1 is 1.24 bits per heavy atom. The highest BCUT2D eigenvalue weighted by Gasteiger charge is 2.56. The molecule has 0 atom stereocenters. The highest BCUT2D eigenvalue weighted by Crippen LogP contribution is 2.46. The molecule has 0 spiro atoms. The molecule has 2 rings (SSSR count). The summed E-state index contributed by atoms with van der Waals surface area (Å²) in [6.45, 7) is 4.86. The number of hydrogen-bond acceptors (Lipinski definition) is 2. The molecule has 0 heterocycles. The number of aryl methyl sites for hydroxylation is 1. The number of amides is 1. The van der Waals surface area contributed by atoms with Gasteiger partial charge in [-0.15, -0.1) is 0 Å². The molecule has 1 fully saturated rings. The van der Waals surface area contributed by atoms with Crippen LogP contribution in [0.4, 0.5) is 0 Å². The van der Waals surface area contributed by atoms with Crippen LogP contribution in [0.15, 0.2) is 24.3 Å². The van der Waals surface area contributed by atoms with Crippen LogP contribution in [0.25, 0.3) is 0 Å². The van der Waals surface area contributed by atoms with Crippen molar-refractivity contribution >= 4 is 11.9 Å². The zero-order chi connectivity index (χ0) is 15.5. The normalized spacial score (nSPS) is 15.8. The Morgan fingerprint density at radius 2 is 1.86 bits per heavy atom. The number of benzene rings is 1. The van der Waals surface area contributed by atoms with Crippen molar-refractivity contribution in [2.24, 2.45) is 5.41 Å². The maximum atomic E-state index is 11.8. The van der Waals surface area contributed by atoms with E-state index in [-0.39, 0.29) is 5.91 Å². The van der Waals surface area contributed by atoms with E-state index in [2.05, 4.69) is 43.4 Å². The Bertz CT molecular complexity index is 515. The fourth-order valence-corrected chi connectivity index (χ4v) is 2.40. The van der Waals surface area contributed by atoms with E-state index in [9.17, 15) is 9.59 Å². The number of aliphatic carboxylic acids is 1. The lowest BCUT2D eigenvalue weighted by molar-refractivity contribution is -0.149. The molecule has 1 aliphatic rings. The highest BCUT2D eigenvalue weighted by atomic mass is 16.4. The number of nitrogens with one attached hydrogen (secondary N) is 1. The second-order valence-electron chi connectivity index (χ2n) is 6.14. The molecule has 2 N–H and O–H groups in total. The van der Waals surface area contributed by atoms with E-state index in [4.69, 9.17) is 5.11 Å². The molecule has 21 heavy (non-hydrogen) atoms. The molecule has 0 aromatic heterocycles. The molecule has 1 aromatic carbocycles. The standard InChI is InChI=1S/C17H23NO3/c1-12(2)14-7-5-13(6-8-14)4-3-11-18-15(19)17(9-10-17)16(20)21/h5-8,12H,3-4,9-11H2,1-2H3,(H,18,19)(H,20,21). The van der Waals surface area contributed by atoms with E-state index in [1.807, 2.05) is 0 Å². The molecule has 0 unspecified atom stereocenters. The van der Waals surface area contributed by atoms with Crippen LogP contribution in [0.2, 0.25) is 0 Å². The molecule has 4 nitrogen and oxygen atoms in total. The molecule has 0 saturated heterocycles. The monoisotopic (exact) mass is 289 g/mol. The van der Waals surface area contributed by atoms with E-state index in [0.717, 1.165) is 12.8 Å². The van der Waals surface area contributed by atoms with Crippen molar-refractivity contribution in [2.45, 2.75) is 45.4 Å². The molecule has 4 heteroatoms. The van der Waals surface area contributed by atoms with Crippen LogP contribution in [-0.4, -0.2) is 23.5 Å². The van der Waals surface area contributed by atoms with Gasteiger partial charge >= 0.3 is 5.97 Å². The van der Waals surface area contributed by atoms with Gasteiger partial charge in [0.1, 0.15) is 5.41 Å². The second kappa shape index (κ2) is 6.29. The van der Waals surface area contributed by atoms with Gasteiger partial charge in [0.2, 0.25) is 5.91 Å². The van der Waals surface area contributed by atoms with Crippen LogP contribution < -0.4 is 5.32 Å². The summed E-state index contributed by atoms with van der Waals surface area (Å²) >= 11 is 0. The van der Waals surface area contributed by atoms with Crippen molar-refractivity contribution in [2.75, 3.05) is 6.54 Å². The highest BCUT2D eigenvalue weighted by molar-refractivity contribution is 6.04. The molecule has 1 saturated carbocycles. The largest absolute Gasteiger partial charge is 0.480 e. The van der Waals surface area contributed by atoms with Crippen LogP contribution in [0, 0.1) is 5.41 Å². The minimum atomic E-state index is -1.13. The number of carboxylic acid groups (broad SMARTS) is 1. The van der Waals surface area contributed by atoms with E-state index >= 15 is 0 Å². The van der Waals surface area contributed by atoms with Crippen LogP contribution in [0.5, 0.6) is 0 Å². The lowest BCUT2D eigenvalue weighted by Gasteiger charge is -2.11. The Morgan fingerprint density at radius 3 is 2.33 bits per heavy atom. The summed E-state index contributed by atoms with van der Waals surface area (Å²) in [7, 11) is 0. The van der Waals surface area contributed by atoms with Crippen LogP contribution in [0.1, 0.15) is 50.2 Å². The van der Waals surface area contributed by atoms with E-state index in [1.54, 1.807) is 0 Å². The van der Waals surface area contributed by atoms with Gasteiger partial charge in [0.05, 0.1) is 0 Å². The zero-order valence-electron chi connectivity index (χ0n) is 12.7. The zero-order valence-corrected chi connectivity index (χ0v) is 12.7. The second-order valence-corrected chi connectivity index (χ2v) is 6.14. The number of carbonyl (C=O) groups is 2. The molecule has 114 valence electrons. The molecule has 1 amide bonds. The predicted octanol–water partition coefficient (Wildman–Crippen LogP) is 2.72. The minimum Gasteiger partial charge on any atom is -0.480 e. The van der Waals surface area contributed by atoms with E-state index in [0.29, 0.717) is 25.3 Å². The average molecular weight is 289 g/mol. The topological polar surface area (TPSA) is 66.4 Å². The fourth-order valence-electron chi connectivity index (χ4n) is 2.40. The molecular weight excluding hydrogens is 266 g/mol. The molecule has 1 aliphatic carbocycles. The molecule has 0 radical (unpaired) electrons. The van der Waals surface area contributed by atoms with Gasteiger partial charge in [-0.3, -0.25) is 9.59 Å². The maximum absolute atomic E-state index is 11.8. The Hall–Kier alpha value is -1.84. The summed E-state index contributed by atoms with van der Waals surface area (Å²) in [6, 6.07) is 8.53. The van der Waals surface area contributed by atoms with Crippen molar-refractivity contribution in [1.29, 1.82) is 0 Å². The van der Waals surface area contributed by atoms with Crippen molar-refractivity contribution in [3.05, 3.63) is 35.4 Å². The third kappa shape index (κ3) is 3.63. The van der Waals surface area contributed by atoms with Gasteiger partial charge in [0.25, 0.3) is 0 Å². The van der Waals surface area contributed by atoms with Crippen molar-refractivity contribution in [3.63, 3.8) is 0 Å². The van der Waals surface area contributed by atoms with Gasteiger partial charge in [0, 0.05) is 6.54 Å². The Labute approximate surface area is 125 Å². The summed E-state index contributed by atoms with van der Waals surface area (Å²) in [5, 5.41) is 11.8. The van der Waals surface area contributed by atoms with E-state index in [1.165, 1.54) is 11.1 Å². The SMILES string of the molecule is CC(C)c1ccc(CCCNC(=O)C2(C(=O)O)CC2)cc1. The summed E-state index contributed by atoms with van der Waals surface area (Å²) in [5.74, 6) is -0.793. The molecule has 0 aliphatic heterocycles. The van der Waals surface area contributed by atoms with Crippen LogP contribution in [-0.2, 0) is 16.0 Å². The summed E-state index contributed by atoms with van der Waals surface area (Å²) in [4.78, 5) is 22.8. The van der Waals surface area contributed by atoms with Gasteiger partial charge in [-0.25, -0.2) is 0 Å². The van der Waals surface area contributed by atoms with Gasteiger partial charge in [-0.1, -0.05) is 38.1 Å². The van der Waals surface area contributed by atoms with E-state index < -0.39 is 11.4 Å². The first-order chi connectivity index (χ1) is 9.95. The van der Waals surface area contributed by atoms with Crippen LogP contribution >= 0.6 is 0 Å². The third-order valence-corrected chi connectivity index (χ3v) is 4.17. The third-order valence-electron chi connectivity index (χ3n) is 4.17. The first kappa shape index (κ1) is 15.5. The number of carboxylic acids is 1. The van der Waals surface area contributed by atoms with Crippen molar-refractivity contribution < 1.29 is 14.7 Å². The van der Waals surface area contributed by atoms with Gasteiger partial charge in [0.15, 0.2) is 0 Å². The quantitative estimate of drug-likeness (QED) is 0.599. The fraction of sp³-hybridized carbons (Fsp3) is 0.529. The smallest absolute Gasteiger partial charge is 0.319 e. The molecule has 1 aromatic rings. The number of carbonyl (C=O) groups excluding carboxylic acids is 1. The van der Waals surface area contributed by atoms with Crippen molar-refractivity contribution in [3.8, 4) is 0 Å².